The molecular formula is C30H53IN2O3. The van der Waals surface area contributed by atoms with Crippen LogP contribution in [0.4, 0.5) is 0 Å². The van der Waals surface area contributed by atoms with Gasteiger partial charge in [-0.1, -0.05) is 75.0 Å². The summed E-state index contributed by atoms with van der Waals surface area (Å²) in [5, 5.41) is 6.87. The maximum atomic E-state index is 13.3. The molecule has 36 heavy (non-hydrogen) atoms. The van der Waals surface area contributed by atoms with E-state index in [1.807, 2.05) is 0 Å². The topological polar surface area (TPSA) is 67.4 Å². The summed E-state index contributed by atoms with van der Waals surface area (Å²) in [5.74, 6) is 2.19. The predicted molar refractivity (Wildman–Crippen MR) is 157 cm³/mol. The van der Waals surface area contributed by atoms with Gasteiger partial charge < -0.3 is 15.4 Å². The number of ketones is 1. The van der Waals surface area contributed by atoms with Gasteiger partial charge in [0.05, 0.1) is 11.6 Å². The number of amides is 1. The van der Waals surface area contributed by atoms with Gasteiger partial charge >= 0.3 is 0 Å². The second-order valence-corrected chi connectivity index (χ2v) is 16.0. The summed E-state index contributed by atoms with van der Waals surface area (Å²) >= 11 is 2.45. The van der Waals surface area contributed by atoms with Crippen molar-refractivity contribution in [1.29, 1.82) is 0 Å². The summed E-state index contributed by atoms with van der Waals surface area (Å²) in [5.41, 5.74) is -0.279. The van der Waals surface area contributed by atoms with Crippen molar-refractivity contribution in [3.05, 3.63) is 0 Å². The van der Waals surface area contributed by atoms with E-state index in [4.69, 9.17) is 4.74 Å². The number of alkyl halides is 1. The minimum absolute atomic E-state index is 0.0385. The van der Waals surface area contributed by atoms with Crippen LogP contribution < -0.4 is 10.6 Å². The zero-order valence-corrected chi connectivity index (χ0v) is 25.7. The molecule has 0 aromatic heterocycles. The molecule has 1 amide bonds. The molecule has 2 aliphatic carbocycles. The first-order valence-corrected chi connectivity index (χ1v) is 16.0. The summed E-state index contributed by atoms with van der Waals surface area (Å²) in [6.45, 7) is 9.98. The van der Waals surface area contributed by atoms with Gasteiger partial charge in [0, 0.05) is 35.0 Å². The maximum Gasteiger partial charge on any atom is 0.220 e. The van der Waals surface area contributed by atoms with Crippen molar-refractivity contribution < 1.29 is 14.3 Å². The normalized spacial score (nSPS) is 29.6. The zero-order valence-electron chi connectivity index (χ0n) is 23.5. The number of hydrogen-bond donors (Lipinski definition) is 2. The molecule has 2 N–H and O–H groups in total. The highest BCUT2D eigenvalue weighted by Gasteiger charge is 2.52. The Morgan fingerprint density at radius 1 is 1.00 bits per heavy atom. The molecule has 2 bridgehead atoms. The molecule has 3 aliphatic rings. The second kappa shape index (κ2) is 14.3. The van der Waals surface area contributed by atoms with Crippen LogP contribution in [0.1, 0.15) is 124 Å². The summed E-state index contributed by atoms with van der Waals surface area (Å²) in [6.07, 6.45) is 17.0. The Kier molecular flexibility index (Phi) is 12.0. The van der Waals surface area contributed by atoms with E-state index in [0.717, 1.165) is 38.7 Å². The molecule has 0 spiro atoms. The number of nitrogens with one attached hydrogen (secondary N) is 2. The minimum atomic E-state index is -0.279. The molecule has 6 heteroatoms. The van der Waals surface area contributed by atoms with Crippen LogP contribution in [0.2, 0.25) is 0 Å². The Bertz CT molecular complexity index is 705. The van der Waals surface area contributed by atoms with Crippen molar-refractivity contribution in [3.63, 3.8) is 0 Å². The smallest absolute Gasteiger partial charge is 0.220 e. The highest BCUT2D eigenvalue weighted by molar-refractivity contribution is 14.1. The fourth-order valence-corrected chi connectivity index (χ4v) is 6.87. The lowest BCUT2D eigenvalue weighted by molar-refractivity contribution is -0.124. The Morgan fingerprint density at radius 2 is 1.67 bits per heavy atom. The van der Waals surface area contributed by atoms with Gasteiger partial charge in [-0.15, -0.1) is 0 Å². The SMILES string of the molecule is CC(C)(I)CCOC(C)(C)CCC(=O)NCCCCC1NC2C3CCCCCCCCC(C3)C2C1=O. The van der Waals surface area contributed by atoms with E-state index < -0.39 is 0 Å². The monoisotopic (exact) mass is 616 g/mol. The molecular weight excluding hydrogens is 563 g/mol. The zero-order chi connectivity index (χ0) is 26.2. The lowest BCUT2D eigenvalue weighted by Crippen LogP contribution is -2.35. The van der Waals surface area contributed by atoms with Crippen molar-refractivity contribution in [1.82, 2.24) is 10.6 Å². The summed E-state index contributed by atoms with van der Waals surface area (Å²) in [4.78, 5) is 25.7. The van der Waals surface area contributed by atoms with Gasteiger partial charge in [0.2, 0.25) is 5.91 Å². The lowest BCUT2D eigenvalue weighted by atomic mass is 9.85. The van der Waals surface area contributed by atoms with Crippen LogP contribution in [0.5, 0.6) is 0 Å². The molecule has 5 nitrogen and oxygen atoms in total. The number of halogens is 1. The van der Waals surface area contributed by atoms with E-state index in [0.29, 0.717) is 36.6 Å². The second-order valence-electron chi connectivity index (χ2n) is 13.1. The van der Waals surface area contributed by atoms with Crippen LogP contribution in [0.3, 0.4) is 0 Å². The third-order valence-corrected chi connectivity index (χ3v) is 9.40. The van der Waals surface area contributed by atoms with Crippen LogP contribution in [0.15, 0.2) is 0 Å². The molecule has 5 unspecified atom stereocenters. The summed E-state index contributed by atoms with van der Waals surface area (Å²) < 4.78 is 6.27. The van der Waals surface area contributed by atoms with Crippen molar-refractivity contribution >= 4 is 34.3 Å². The number of unbranched alkanes of at least 4 members (excludes halogenated alkanes) is 1. The molecule has 0 aromatic carbocycles. The molecule has 2 saturated carbocycles. The van der Waals surface area contributed by atoms with Gasteiger partial charge in [0.25, 0.3) is 0 Å². The van der Waals surface area contributed by atoms with Gasteiger partial charge in [0.1, 0.15) is 0 Å². The van der Waals surface area contributed by atoms with E-state index >= 15 is 0 Å². The minimum Gasteiger partial charge on any atom is -0.376 e. The molecule has 1 heterocycles. The number of carbonyl (C=O) groups is 2. The van der Waals surface area contributed by atoms with Crippen LogP contribution in [0.25, 0.3) is 0 Å². The third kappa shape index (κ3) is 9.83. The van der Waals surface area contributed by atoms with Gasteiger partial charge in [-0.25, -0.2) is 0 Å². The van der Waals surface area contributed by atoms with E-state index in [1.165, 1.54) is 57.8 Å². The number of carbonyl (C=O) groups excluding carboxylic acids is 2. The number of rotatable bonds is 12. The molecule has 5 atom stereocenters. The van der Waals surface area contributed by atoms with Crippen molar-refractivity contribution in [3.8, 4) is 0 Å². The molecule has 1 saturated heterocycles. The van der Waals surface area contributed by atoms with E-state index in [-0.39, 0.29) is 26.9 Å². The number of fused-ring (bicyclic) bond motifs is 5. The molecule has 3 fully saturated rings. The highest BCUT2D eigenvalue weighted by atomic mass is 127. The Hall–Kier alpha value is -0.210. The first kappa shape index (κ1) is 30.3. The Labute approximate surface area is 234 Å². The summed E-state index contributed by atoms with van der Waals surface area (Å²) in [6, 6.07) is 0.469. The highest BCUT2D eigenvalue weighted by Crippen LogP contribution is 2.46. The van der Waals surface area contributed by atoms with Crippen LogP contribution >= 0.6 is 22.6 Å². The number of Topliss-reactive ketones (excluding diaryl/α,β-unsaturated/α-hetero) is 1. The van der Waals surface area contributed by atoms with E-state index in [9.17, 15) is 9.59 Å². The molecule has 0 radical (unpaired) electrons. The number of ether oxygens (including phenoxy) is 1. The van der Waals surface area contributed by atoms with Gasteiger partial charge in [0.15, 0.2) is 5.78 Å². The van der Waals surface area contributed by atoms with E-state index in [2.05, 4.69) is 60.9 Å². The number of hydrogen-bond acceptors (Lipinski definition) is 4. The predicted octanol–water partition coefficient (Wildman–Crippen LogP) is 6.75. The van der Waals surface area contributed by atoms with Gasteiger partial charge in [-0.05, 0) is 77.0 Å². The largest absolute Gasteiger partial charge is 0.376 e. The lowest BCUT2D eigenvalue weighted by Gasteiger charge is -2.27. The van der Waals surface area contributed by atoms with Crippen molar-refractivity contribution in [2.75, 3.05) is 13.2 Å². The average Bonchev–Trinajstić information content (AvgIpc) is 3.27. The maximum absolute atomic E-state index is 13.3. The van der Waals surface area contributed by atoms with Gasteiger partial charge in [-0.2, -0.15) is 0 Å². The van der Waals surface area contributed by atoms with Crippen LogP contribution in [-0.2, 0) is 14.3 Å². The fourth-order valence-electron chi connectivity index (χ4n) is 6.65. The molecule has 3 rings (SSSR count). The standard InChI is InChI=1S/C30H53IN2O3/c1-29(2,31)18-20-36-30(3,4)17-16-25(34)32-19-12-11-15-24-28(35)26-22-13-9-7-5-6-8-10-14-23(21-22)27(26)33-24/h22-24,26-27,33H,5-21H2,1-4H3,(H,32,34). The Morgan fingerprint density at radius 3 is 2.36 bits per heavy atom. The van der Waals surface area contributed by atoms with Crippen molar-refractivity contribution in [2.45, 2.75) is 145 Å². The molecule has 1 aliphatic heterocycles. The van der Waals surface area contributed by atoms with E-state index in [1.54, 1.807) is 0 Å². The van der Waals surface area contributed by atoms with Crippen LogP contribution in [-0.4, -0.2) is 45.9 Å². The van der Waals surface area contributed by atoms with Gasteiger partial charge in [-0.3, -0.25) is 9.59 Å². The summed E-state index contributed by atoms with van der Waals surface area (Å²) in [7, 11) is 0. The van der Waals surface area contributed by atoms with Crippen LogP contribution in [0, 0.1) is 17.8 Å². The fraction of sp³-hybridized carbons (Fsp3) is 0.933. The Balaban J connectivity index is 1.32. The third-order valence-electron chi connectivity index (χ3n) is 8.86. The first-order chi connectivity index (χ1) is 17.1. The van der Waals surface area contributed by atoms with Crippen molar-refractivity contribution in [2.24, 2.45) is 17.8 Å². The molecule has 0 aromatic rings. The molecule has 208 valence electrons. The average molecular weight is 617 g/mol. The quantitative estimate of drug-likeness (QED) is 0.145. The first-order valence-electron chi connectivity index (χ1n) is 15.0.